The molecule has 32 heavy (non-hydrogen) atoms. The fraction of sp³-hybridized carbons (Fsp3) is 0.304. The van der Waals surface area contributed by atoms with E-state index in [-0.39, 0.29) is 24.3 Å². The Morgan fingerprint density at radius 2 is 2.03 bits per heavy atom. The fourth-order valence-electron chi connectivity index (χ4n) is 3.02. The summed E-state index contributed by atoms with van der Waals surface area (Å²) in [5.41, 5.74) is 2.55. The molecule has 7 nitrogen and oxygen atoms in total. The average Bonchev–Trinajstić information content (AvgIpc) is 3.09. The van der Waals surface area contributed by atoms with Crippen molar-refractivity contribution in [2.24, 2.45) is 5.10 Å². The molecule has 1 N–H and O–H groups in total. The van der Waals surface area contributed by atoms with Gasteiger partial charge in [0.1, 0.15) is 0 Å². The quantitative estimate of drug-likeness (QED) is 0.431. The number of thiocarbonyl (C=S) groups is 1. The maximum Gasteiger partial charge on any atom is 0.262 e. The molecule has 0 aromatic heterocycles. The van der Waals surface area contributed by atoms with Gasteiger partial charge in [-0.25, -0.2) is 0 Å². The number of hydrogen-bond donors (Lipinski definition) is 1. The molecule has 1 aliphatic heterocycles. The van der Waals surface area contributed by atoms with Crippen LogP contribution in [0.5, 0.6) is 11.5 Å². The summed E-state index contributed by atoms with van der Waals surface area (Å²) in [6.07, 6.45) is 1.54. The molecule has 0 saturated carbocycles. The van der Waals surface area contributed by atoms with Crippen LogP contribution in [-0.2, 0) is 9.59 Å². The Kier molecular flexibility index (Phi) is 8.24. The lowest BCUT2D eigenvalue weighted by molar-refractivity contribution is -0.124. The average molecular weight is 472 g/mol. The van der Waals surface area contributed by atoms with E-state index < -0.39 is 0 Å². The minimum atomic E-state index is -0.259. The van der Waals surface area contributed by atoms with Gasteiger partial charge in [-0.1, -0.05) is 56.0 Å². The molecule has 0 bridgehead atoms. The second kappa shape index (κ2) is 11.1. The summed E-state index contributed by atoms with van der Waals surface area (Å²) in [6.45, 7) is 6.28. The van der Waals surface area contributed by atoms with Crippen LogP contribution in [0.1, 0.15) is 37.8 Å². The molecule has 2 aromatic rings. The van der Waals surface area contributed by atoms with Crippen LogP contribution in [0.15, 0.2) is 47.6 Å². The van der Waals surface area contributed by atoms with Gasteiger partial charge in [-0.2, -0.15) is 10.1 Å². The van der Waals surface area contributed by atoms with Crippen molar-refractivity contribution < 1.29 is 19.1 Å². The van der Waals surface area contributed by atoms with Crippen molar-refractivity contribution in [3.63, 3.8) is 0 Å². The molecule has 0 radical (unpaired) electrons. The Labute approximate surface area is 197 Å². The number of para-hydroxylation sites is 1. The van der Waals surface area contributed by atoms with Crippen molar-refractivity contribution in [1.29, 1.82) is 0 Å². The highest BCUT2D eigenvalue weighted by Crippen LogP contribution is 2.29. The number of hydrogen-bond acceptors (Lipinski definition) is 7. The van der Waals surface area contributed by atoms with Gasteiger partial charge < -0.3 is 14.8 Å². The van der Waals surface area contributed by atoms with Crippen LogP contribution in [-0.4, -0.2) is 46.3 Å². The third-order valence-corrected chi connectivity index (χ3v) is 5.87. The molecule has 0 aliphatic carbocycles. The highest BCUT2D eigenvalue weighted by molar-refractivity contribution is 8.23. The molecule has 0 spiro atoms. The molecule has 1 saturated heterocycles. The standard InChI is InChI=1S/C23H25N3O4S2/c1-4-29-20-11-16(12-24-26-22(28)14-32-23(26)31)9-10-19(20)30-13-21(27)25-18-8-6-5-7-17(18)15(2)3/h5-12,15H,4,13-14H2,1-3H3,(H,25,27)/b24-12+. The maximum absolute atomic E-state index is 12.5. The zero-order valence-corrected chi connectivity index (χ0v) is 19.8. The normalized spacial score (nSPS) is 13.8. The number of rotatable bonds is 9. The number of anilines is 1. The molecule has 2 aromatic carbocycles. The van der Waals surface area contributed by atoms with Gasteiger partial charge in [-0.15, -0.1) is 0 Å². The number of amides is 2. The molecule has 2 amide bonds. The van der Waals surface area contributed by atoms with Crippen molar-refractivity contribution in [3.05, 3.63) is 53.6 Å². The fourth-order valence-corrected chi connectivity index (χ4v) is 3.99. The van der Waals surface area contributed by atoms with Crippen molar-refractivity contribution in [2.75, 3.05) is 24.3 Å². The summed E-state index contributed by atoms with van der Waals surface area (Å²) in [7, 11) is 0. The number of benzene rings is 2. The molecule has 9 heteroatoms. The summed E-state index contributed by atoms with van der Waals surface area (Å²) < 4.78 is 11.8. The molecule has 0 atom stereocenters. The number of hydrazone groups is 1. The van der Waals surface area contributed by atoms with E-state index in [0.717, 1.165) is 11.3 Å². The topological polar surface area (TPSA) is 80.2 Å². The Hall–Kier alpha value is -2.91. The number of nitrogens with zero attached hydrogens (tertiary/aromatic N) is 2. The van der Waals surface area contributed by atoms with E-state index in [1.807, 2.05) is 31.2 Å². The lowest BCUT2D eigenvalue weighted by atomic mass is 10.0. The van der Waals surface area contributed by atoms with Crippen molar-refractivity contribution in [2.45, 2.75) is 26.7 Å². The van der Waals surface area contributed by atoms with E-state index in [1.165, 1.54) is 23.0 Å². The first-order valence-electron chi connectivity index (χ1n) is 10.2. The Morgan fingerprint density at radius 1 is 1.25 bits per heavy atom. The van der Waals surface area contributed by atoms with Crippen molar-refractivity contribution in [3.8, 4) is 11.5 Å². The first-order valence-corrected chi connectivity index (χ1v) is 11.6. The van der Waals surface area contributed by atoms with E-state index in [2.05, 4.69) is 24.3 Å². The number of nitrogens with one attached hydrogen (secondary N) is 1. The maximum atomic E-state index is 12.5. The summed E-state index contributed by atoms with van der Waals surface area (Å²) in [5, 5.41) is 8.29. The second-order valence-corrected chi connectivity index (χ2v) is 8.83. The van der Waals surface area contributed by atoms with E-state index >= 15 is 0 Å². The van der Waals surface area contributed by atoms with E-state index in [0.29, 0.717) is 33.7 Å². The molecular formula is C23H25N3O4S2. The third kappa shape index (κ3) is 6.08. The molecule has 1 aliphatic rings. The SMILES string of the molecule is CCOc1cc(/C=N/N2C(=O)CSC2=S)ccc1OCC(=O)Nc1ccccc1C(C)C. The smallest absolute Gasteiger partial charge is 0.262 e. The van der Waals surface area contributed by atoms with Gasteiger partial charge in [-0.3, -0.25) is 9.59 Å². The highest BCUT2D eigenvalue weighted by Gasteiger charge is 2.26. The van der Waals surface area contributed by atoms with Crippen LogP contribution in [0.4, 0.5) is 5.69 Å². The lowest BCUT2D eigenvalue weighted by Gasteiger charge is -2.15. The molecule has 1 heterocycles. The largest absolute Gasteiger partial charge is 0.490 e. The van der Waals surface area contributed by atoms with E-state index in [1.54, 1.807) is 18.2 Å². The summed E-state index contributed by atoms with van der Waals surface area (Å²) in [4.78, 5) is 24.2. The lowest BCUT2D eigenvalue weighted by Crippen LogP contribution is -2.22. The van der Waals surface area contributed by atoms with Crippen LogP contribution in [0.25, 0.3) is 0 Å². The van der Waals surface area contributed by atoms with Crippen LogP contribution in [0, 0.1) is 0 Å². The van der Waals surface area contributed by atoms with Gasteiger partial charge in [0.2, 0.25) is 0 Å². The minimum Gasteiger partial charge on any atom is -0.490 e. The molecule has 168 valence electrons. The number of carbonyl (C=O) groups is 2. The molecular weight excluding hydrogens is 446 g/mol. The Bertz CT molecular complexity index is 1020. The first-order chi connectivity index (χ1) is 15.4. The summed E-state index contributed by atoms with van der Waals surface area (Å²) in [6, 6.07) is 12.9. The van der Waals surface area contributed by atoms with E-state index in [9.17, 15) is 9.59 Å². The van der Waals surface area contributed by atoms with Crippen molar-refractivity contribution >= 4 is 52.0 Å². The number of ether oxygens (including phenoxy) is 2. The molecule has 1 fully saturated rings. The van der Waals surface area contributed by atoms with Gasteiger partial charge in [0, 0.05) is 5.69 Å². The number of thioether (sulfide) groups is 1. The zero-order chi connectivity index (χ0) is 23.1. The van der Waals surface area contributed by atoms with Crippen molar-refractivity contribution in [1.82, 2.24) is 5.01 Å². The molecule has 0 unspecified atom stereocenters. The summed E-state index contributed by atoms with van der Waals surface area (Å²) in [5.74, 6) is 1.11. The third-order valence-electron chi connectivity index (χ3n) is 4.53. The first kappa shape index (κ1) is 23.7. The second-order valence-electron chi connectivity index (χ2n) is 7.22. The van der Waals surface area contributed by atoms with Gasteiger partial charge in [-0.05, 0) is 48.2 Å². The van der Waals surface area contributed by atoms with Gasteiger partial charge in [0.25, 0.3) is 11.8 Å². The monoisotopic (exact) mass is 471 g/mol. The van der Waals surface area contributed by atoms with Crippen LogP contribution >= 0.6 is 24.0 Å². The van der Waals surface area contributed by atoms with Gasteiger partial charge in [0.05, 0.1) is 18.6 Å². The van der Waals surface area contributed by atoms with E-state index in [4.69, 9.17) is 21.7 Å². The Balaban J connectivity index is 1.66. The van der Waals surface area contributed by atoms with Crippen LogP contribution in [0.2, 0.25) is 0 Å². The zero-order valence-electron chi connectivity index (χ0n) is 18.2. The predicted molar refractivity (Wildman–Crippen MR) is 132 cm³/mol. The predicted octanol–water partition coefficient (Wildman–Crippen LogP) is 4.42. The number of carbonyl (C=O) groups excluding carboxylic acids is 2. The Morgan fingerprint density at radius 3 is 2.72 bits per heavy atom. The minimum absolute atomic E-state index is 0.147. The van der Waals surface area contributed by atoms with Crippen LogP contribution < -0.4 is 14.8 Å². The summed E-state index contributed by atoms with van der Waals surface area (Å²) >= 11 is 6.41. The van der Waals surface area contributed by atoms with Crippen LogP contribution in [0.3, 0.4) is 0 Å². The molecule has 3 rings (SSSR count). The van der Waals surface area contributed by atoms with Gasteiger partial charge >= 0.3 is 0 Å². The van der Waals surface area contributed by atoms with Gasteiger partial charge in [0.15, 0.2) is 22.4 Å². The highest BCUT2D eigenvalue weighted by atomic mass is 32.2.